The van der Waals surface area contributed by atoms with Crippen LogP contribution in [0.2, 0.25) is 0 Å². The Kier molecular flexibility index (Phi) is 3.60. The summed E-state index contributed by atoms with van der Waals surface area (Å²) >= 11 is 0. The number of nitrogens with one attached hydrogen (secondary N) is 2. The van der Waals surface area contributed by atoms with Gasteiger partial charge in [0.15, 0.2) is 0 Å². The Morgan fingerprint density at radius 1 is 0.882 bits per heavy atom. The van der Waals surface area contributed by atoms with Crippen molar-refractivity contribution < 1.29 is 4.39 Å². The van der Waals surface area contributed by atoms with Gasteiger partial charge in [-0.15, -0.1) is 0 Å². The Morgan fingerprint density at radius 3 is 2.06 bits per heavy atom. The van der Waals surface area contributed by atoms with Crippen molar-refractivity contribution in [3.63, 3.8) is 0 Å². The van der Waals surface area contributed by atoms with E-state index in [2.05, 4.69) is 22.8 Å². The largest absolute Gasteiger partial charge is 0.388 e. The van der Waals surface area contributed by atoms with Gasteiger partial charge in [-0.1, -0.05) is 12.1 Å². The fourth-order valence-corrected chi connectivity index (χ4v) is 1.56. The van der Waals surface area contributed by atoms with Crippen LogP contribution < -0.4 is 10.6 Å². The first kappa shape index (κ1) is 11.5. The van der Waals surface area contributed by atoms with E-state index in [1.54, 1.807) is 12.1 Å². The molecule has 0 heterocycles. The van der Waals surface area contributed by atoms with E-state index in [4.69, 9.17) is 0 Å². The summed E-state index contributed by atoms with van der Waals surface area (Å²) in [4.78, 5) is 0. The van der Waals surface area contributed by atoms with E-state index in [1.165, 1.54) is 17.7 Å². The summed E-state index contributed by atoms with van der Waals surface area (Å²) in [6.07, 6.45) is 0. The molecule has 0 aromatic heterocycles. The third kappa shape index (κ3) is 3.21. The lowest BCUT2D eigenvalue weighted by molar-refractivity contribution is 0.628. The van der Waals surface area contributed by atoms with E-state index in [0.29, 0.717) is 0 Å². The van der Waals surface area contributed by atoms with Crippen LogP contribution in [0.5, 0.6) is 0 Å². The summed E-state index contributed by atoms with van der Waals surface area (Å²) in [7, 11) is 1.89. The molecule has 17 heavy (non-hydrogen) atoms. The SMILES string of the molecule is CNc1ccc(CNc2ccc(F)cc2)cc1. The molecule has 2 N–H and O–H groups in total. The molecule has 0 amide bonds. The minimum Gasteiger partial charge on any atom is -0.388 e. The molecule has 0 aliphatic carbocycles. The number of anilines is 2. The van der Waals surface area contributed by atoms with Crippen LogP contribution in [0.1, 0.15) is 5.56 Å². The van der Waals surface area contributed by atoms with Crippen LogP contribution in [0.3, 0.4) is 0 Å². The fourth-order valence-electron chi connectivity index (χ4n) is 1.56. The van der Waals surface area contributed by atoms with Crippen molar-refractivity contribution in [1.82, 2.24) is 0 Å². The summed E-state index contributed by atoms with van der Waals surface area (Å²) in [6.45, 7) is 0.732. The van der Waals surface area contributed by atoms with Crippen molar-refractivity contribution in [2.24, 2.45) is 0 Å². The second kappa shape index (κ2) is 5.34. The first-order valence-corrected chi connectivity index (χ1v) is 5.54. The smallest absolute Gasteiger partial charge is 0.123 e. The second-order valence-electron chi connectivity index (χ2n) is 3.81. The Morgan fingerprint density at radius 2 is 1.47 bits per heavy atom. The van der Waals surface area contributed by atoms with Crippen LogP contribution >= 0.6 is 0 Å². The summed E-state index contributed by atoms with van der Waals surface area (Å²) in [6, 6.07) is 14.5. The number of hydrogen-bond acceptors (Lipinski definition) is 2. The Labute approximate surface area is 100 Å². The molecule has 0 atom stereocenters. The normalized spacial score (nSPS) is 10.0. The van der Waals surface area contributed by atoms with Crippen LogP contribution in [-0.2, 0) is 6.54 Å². The van der Waals surface area contributed by atoms with E-state index < -0.39 is 0 Å². The maximum Gasteiger partial charge on any atom is 0.123 e. The van der Waals surface area contributed by atoms with Gasteiger partial charge >= 0.3 is 0 Å². The zero-order valence-electron chi connectivity index (χ0n) is 9.70. The topological polar surface area (TPSA) is 24.1 Å². The van der Waals surface area contributed by atoms with Crippen molar-refractivity contribution in [2.45, 2.75) is 6.54 Å². The first-order valence-electron chi connectivity index (χ1n) is 5.54. The van der Waals surface area contributed by atoms with Crippen molar-refractivity contribution in [3.05, 3.63) is 59.9 Å². The molecule has 0 bridgehead atoms. The summed E-state index contributed by atoms with van der Waals surface area (Å²) in [5.74, 6) is -0.214. The van der Waals surface area contributed by atoms with Gasteiger partial charge in [-0.3, -0.25) is 0 Å². The average molecular weight is 230 g/mol. The van der Waals surface area contributed by atoms with Crippen molar-refractivity contribution in [1.29, 1.82) is 0 Å². The highest BCUT2D eigenvalue weighted by Crippen LogP contribution is 2.12. The lowest BCUT2D eigenvalue weighted by atomic mass is 10.2. The number of hydrogen-bond donors (Lipinski definition) is 2. The van der Waals surface area contributed by atoms with Crippen LogP contribution in [0.15, 0.2) is 48.5 Å². The number of rotatable bonds is 4. The Bertz CT molecular complexity index is 463. The Balaban J connectivity index is 1.95. The molecule has 0 spiro atoms. The van der Waals surface area contributed by atoms with Gasteiger partial charge in [0.05, 0.1) is 0 Å². The van der Waals surface area contributed by atoms with Gasteiger partial charge in [-0.25, -0.2) is 4.39 Å². The molecule has 2 nitrogen and oxygen atoms in total. The number of benzene rings is 2. The predicted molar refractivity (Wildman–Crippen MR) is 69.7 cm³/mol. The molecule has 0 fully saturated rings. The lowest BCUT2D eigenvalue weighted by Gasteiger charge is -2.07. The van der Waals surface area contributed by atoms with Crippen LogP contribution in [-0.4, -0.2) is 7.05 Å². The van der Waals surface area contributed by atoms with Gasteiger partial charge < -0.3 is 10.6 Å². The van der Waals surface area contributed by atoms with Crippen molar-refractivity contribution in [2.75, 3.05) is 17.7 Å². The van der Waals surface area contributed by atoms with Gasteiger partial charge in [0, 0.05) is 25.0 Å². The third-order valence-corrected chi connectivity index (χ3v) is 2.58. The lowest BCUT2D eigenvalue weighted by Crippen LogP contribution is -1.99. The average Bonchev–Trinajstić information content (AvgIpc) is 2.39. The van der Waals surface area contributed by atoms with Crippen molar-refractivity contribution >= 4 is 11.4 Å². The molecule has 0 aliphatic heterocycles. The third-order valence-electron chi connectivity index (χ3n) is 2.58. The van der Waals surface area contributed by atoms with Gasteiger partial charge in [0.2, 0.25) is 0 Å². The van der Waals surface area contributed by atoms with Gasteiger partial charge in [-0.2, -0.15) is 0 Å². The standard InChI is InChI=1S/C14H15FN2/c1-16-13-6-2-11(3-7-13)10-17-14-8-4-12(15)5-9-14/h2-9,16-17H,10H2,1H3. The monoisotopic (exact) mass is 230 g/mol. The summed E-state index contributed by atoms with van der Waals surface area (Å²) in [5.41, 5.74) is 3.20. The molecular weight excluding hydrogens is 215 g/mol. The van der Waals surface area contributed by atoms with E-state index in [-0.39, 0.29) is 5.82 Å². The van der Waals surface area contributed by atoms with E-state index >= 15 is 0 Å². The molecule has 88 valence electrons. The molecule has 2 aromatic carbocycles. The van der Waals surface area contributed by atoms with Crippen LogP contribution in [0, 0.1) is 5.82 Å². The minimum atomic E-state index is -0.214. The molecule has 0 saturated carbocycles. The van der Waals surface area contributed by atoms with E-state index in [0.717, 1.165) is 17.9 Å². The first-order chi connectivity index (χ1) is 8.28. The van der Waals surface area contributed by atoms with Crippen LogP contribution in [0.25, 0.3) is 0 Å². The van der Waals surface area contributed by atoms with E-state index in [9.17, 15) is 4.39 Å². The highest BCUT2D eigenvalue weighted by Gasteiger charge is 1.95. The second-order valence-corrected chi connectivity index (χ2v) is 3.81. The van der Waals surface area contributed by atoms with E-state index in [1.807, 2.05) is 19.2 Å². The number of halogens is 1. The molecule has 0 saturated heterocycles. The minimum absolute atomic E-state index is 0.214. The van der Waals surface area contributed by atoms with Gasteiger partial charge in [0.1, 0.15) is 5.82 Å². The molecule has 3 heteroatoms. The zero-order valence-corrected chi connectivity index (χ0v) is 9.70. The molecule has 0 aliphatic rings. The maximum atomic E-state index is 12.7. The molecule has 2 rings (SSSR count). The highest BCUT2D eigenvalue weighted by molar-refractivity contribution is 5.46. The summed E-state index contributed by atoms with van der Waals surface area (Å²) < 4.78 is 12.7. The fraction of sp³-hybridized carbons (Fsp3) is 0.143. The van der Waals surface area contributed by atoms with Crippen molar-refractivity contribution in [3.8, 4) is 0 Å². The summed E-state index contributed by atoms with van der Waals surface area (Å²) in [5, 5.41) is 6.31. The Hall–Kier alpha value is -2.03. The molecule has 2 aromatic rings. The van der Waals surface area contributed by atoms with Gasteiger partial charge in [0.25, 0.3) is 0 Å². The maximum absolute atomic E-state index is 12.7. The zero-order chi connectivity index (χ0) is 12.1. The molecule has 0 radical (unpaired) electrons. The quantitative estimate of drug-likeness (QED) is 0.840. The van der Waals surface area contributed by atoms with Crippen LogP contribution in [0.4, 0.5) is 15.8 Å². The molecule has 0 unspecified atom stereocenters. The predicted octanol–water partition coefficient (Wildman–Crippen LogP) is 3.48. The van der Waals surface area contributed by atoms with Gasteiger partial charge in [-0.05, 0) is 42.0 Å². The molecular formula is C14H15FN2. The highest BCUT2D eigenvalue weighted by atomic mass is 19.1.